The van der Waals surface area contributed by atoms with Crippen LogP contribution in [0.2, 0.25) is 0 Å². The molecule has 1 rings (SSSR count). The quantitative estimate of drug-likeness (QED) is 0.357. The molecule has 0 saturated carbocycles. The third-order valence-corrected chi connectivity index (χ3v) is 5.66. The Labute approximate surface area is 164 Å². The Morgan fingerprint density at radius 3 is 2.58 bits per heavy atom. The van der Waals surface area contributed by atoms with Gasteiger partial charge in [-0.25, -0.2) is 0 Å². The first kappa shape index (κ1) is 22.6. The third kappa shape index (κ3) is 7.03. The van der Waals surface area contributed by atoms with Crippen LogP contribution in [0.1, 0.15) is 82.1 Å². The van der Waals surface area contributed by atoms with Crippen LogP contribution >= 0.6 is 11.8 Å². The van der Waals surface area contributed by atoms with Gasteiger partial charge in [-0.1, -0.05) is 39.5 Å². The van der Waals surface area contributed by atoms with Crippen molar-refractivity contribution < 1.29 is 9.53 Å². The van der Waals surface area contributed by atoms with Crippen molar-refractivity contribution in [3.63, 3.8) is 0 Å². The molecule has 26 heavy (non-hydrogen) atoms. The van der Waals surface area contributed by atoms with E-state index < -0.39 is 0 Å². The van der Waals surface area contributed by atoms with Gasteiger partial charge in [0.2, 0.25) is 0 Å². The Morgan fingerprint density at radius 2 is 2.04 bits per heavy atom. The van der Waals surface area contributed by atoms with Crippen LogP contribution in [0.4, 0.5) is 0 Å². The van der Waals surface area contributed by atoms with Crippen molar-refractivity contribution in [2.24, 2.45) is 5.92 Å². The minimum absolute atomic E-state index is 0.0819. The number of hydrogen-bond acceptors (Lipinski definition) is 3. The SMILES string of the molecule is C=CS/C(=C\C)CCCC(C)Oc1ccc(C(CC)C(C)C)cc1C=O. The second kappa shape index (κ2) is 12.0. The first-order valence-corrected chi connectivity index (χ1v) is 10.5. The van der Waals surface area contributed by atoms with Crippen molar-refractivity contribution in [2.75, 3.05) is 0 Å². The third-order valence-electron chi connectivity index (χ3n) is 4.75. The molecule has 0 amide bonds. The predicted molar refractivity (Wildman–Crippen MR) is 115 cm³/mol. The van der Waals surface area contributed by atoms with Crippen LogP contribution in [-0.4, -0.2) is 12.4 Å². The highest BCUT2D eigenvalue weighted by atomic mass is 32.2. The van der Waals surface area contributed by atoms with E-state index in [1.165, 1.54) is 10.5 Å². The van der Waals surface area contributed by atoms with E-state index in [9.17, 15) is 4.79 Å². The van der Waals surface area contributed by atoms with E-state index >= 15 is 0 Å². The topological polar surface area (TPSA) is 26.3 Å². The fourth-order valence-electron chi connectivity index (χ4n) is 3.31. The van der Waals surface area contributed by atoms with Crippen molar-refractivity contribution in [3.05, 3.63) is 52.3 Å². The molecule has 0 saturated heterocycles. The van der Waals surface area contributed by atoms with E-state index in [0.717, 1.165) is 32.0 Å². The van der Waals surface area contributed by atoms with Gasteiger partial charge in [-0.15, -0.1) is 11.8 Å². The van der Waals surface area contributed by atoms with Crippen molar-refractivity contribution >= 4 is 18.0 Å². The Morgan fingerprint density at radius 1 is 1.31 bits per heavy atom. The van der Waals surface area contributed by atoms with Crippen molar-refractivity contribution in [3.8, 4) is 5.75 Å². The highest BCUT2D eigenvalue weighted by Gasteiger charge is 2.16. The number of carbonyl (C=O) groups is 1. The molecule has 3 heteroatoms. The van der Waals surface area contributed by atoms with Gasteiger partial charge in [0.1, 0.15) is 5.75 Å². The van der Waals surface area contributed by atoms with Crippen LogP contribution in [-0.2, 0) is 0 Å². The standard InChI is InChI=1S/C23H34O2S/c1-7-21(26-9-3)12-10-11-18(6)25-23-14-13-19(15-20(23)16-24)22(8-2)17(4)5/h7,9,13-18,22H,3,8,10-12H2,1-2,4-6H3/b21-7-. The number of carbonyl (C=O) groups excluding carboxylic acids is 1. The molecule has 0 aliphatic carbocycles. The molecule has 0 radical (unpaired) electrons. The number of benzene rings is 1. The second-order valence-electron chi connectivity index (χ2n) is 7.03. The Hall–Kier alpha value is -1.48. The summed E-state index contributed by atoms with van der Waals surface area (Å²) in [4.78, 5) is 12.9. The minimum atomic E-state index is 0.0819. The fraction of sp³-hybridized carbons (Fsp3) is 0.522. The monoisotopic (exact) mass is 374 g/mol. The van der Waals surface area contributed by atoms with Gasteiger partial charge in [-0.3, -0.25) is 4.79 Å². The summed E-state index contributed by atoms with van der Waals surface area (Å²) in [7, 11) is 0. The highest BCUT2D eigenvalue weighted by Crippen LogP contribution is 2.31. The normalized spacial score (nSPS) is 14.2. The molecule has 144 valence electrons. The summed E-state index contributed by atoms with van der Waals surface area (Å²) in [6.07, 6.45) is 7.26. The first-order valence-electron chi connectivity index (χ1n) is 9.65. The van der Waals surface area contributed by atoms with Gasteiger partial charge in [0.25, 0.3) is 0 Å². The summed E-state index contributed by atoms with van der Waals surface area (Å²) in [5.74, 6) is 1.72. The highest BCUT2D eigenvalue weighted by molar-refractivity contribution is 8.05. The Kier molecular flexibility index (Phi) is 10.4. The maximum absolute atomic E-state index is 11.6. The van der Waals surface area contributed by atoms with Gasteiger partial charge in [0, 0.05) is 0 Å². The molecule has 0 spiro atoms. The van der Waals surface area contributed by atoms with Crippen molar-refractivity contribution in [1.82, 2.24) is 0 Å². The van der Waals surface area contributed by atoms with Crippen LogP contribution in [0.25, 0.3) is 0 Å². The van der Waals surface area contributed by atoms with Crippen LogP contribution in [0.5, 0.6) is 5.75 Å². The molecule has 1 aromatic rings. The summed E-state index contributed by atoms with van der Waals surface area (Å²) in [6, 6.07) is 6.08. The molecule has 2 unspecified atom stereocenters. The average molecular weight is 375 g/mol. The van der Waals surface area contributed by atoms with E-state index in [0.29, 0.717) is 23.1 Å². The molecule has 0 aliphatic heterocycles. The van der Waals surface area contributed by atoms with Gasteiger partial charge in [0.05, 0.1) is 11.7 Å². The van der Waals surface area contributed by atoms with Crippen molar-refractivity contribution in [1.29, 1.82) is 0 Å². The maximum Gasteiger partial charge on any atom is 0.153 e. The summed E-state index contributed by atoms with van der Waals surface area (Å²) < 4.78 is 6.06. The van der Waals surface area contributed by atoms with Crippen LogP contribution in [0.15, 0.2) is 41.2 Å². The average Bonchev–Trinajstić information content (AvgIpc) is 2.62. The number of aldehydes is 1. The van der Waals surface area contributed by atoms with E-state index in [2.05, 4.69) is 53.3 Å². The summed E-state index contributed by atoms with van der Waals surface area (Å²) in [5.41, 5.74) is 1.88. The first-order chi connectivity index (χ1) is 12.5. The van der Waals surface area contributed by atoms with Gasteiger partial charge in [0.15, 0.2) is 6.29 Å². The van der Waals surface area contributed by atoms with E-state index in [1.54, 1.807) is 11.8 Å². The van der Waals surface area contributed by atoms with E-state index in [-0.39, 0.29) is 6.10 Å². The minimum Gasteiger partial charge on any atom is -0.490 e. The molecule has 0 N–H and O–H groups in total. The zero-order valence-electron chi connectivity index (χ0n) is 17.0. The van der Waals surface area contributed by atoms with Gasteiger partial charge in [-0.2, -0.15) is 0 Å². The molecule has 0 aromatic heterocycles. The molecule has 2 atom stereocenters. The number of ether oxygens (including phenoxy) is 1. The van der Waals surface area contributed by atoms with Crippen molar-refractivity contribution in [2.45, 2.75) is 72.3 Å². The predicted octanol–water partition coefficient (Wildman–Crippen LogP) is 7.37. The lowest BCUT2D eigenvalue weighted by Gasteiger charge is -2.22. The molecular weight excluding hydrogens is 340 g/mol. The molecule has 0 fully saturated rings. The summed E-state index contributed by atoms with van der Waals surface area (Å²) in [6.45, 7) is 14.5. The van der Waals surface area contributed by atoms with Crippen LogP contribution < -0.4 is 4.74 Å². The smallest absolute Gasteiger partial charge is 0.153 e. The lowest BCUT2D eigenvalue weighted by Crippen LogP contribution is -2.13. The summed E-state index contributed by atoms with van der Waals surface area (Å²) >= 11 is 1.68. The number of thioether (sulfide) groups is 1. The lowest BCUT2D eigenvalue weighted by molar-refractivity contribution is 0.111. The Bertz CT molecular complexity index is 604. The van der Waals surface area contributed by atoms with E-state index in [4.69, 9.17) is 4.74 Å². The number of rotatable bonds is 12. The number of hydrogen-bond donors (Lipinski definition) is 0. The fourth-order valence-corrected chi connectivity index (χ4v) is 3.92. The summed E-state index contributed by atoms with van der Waals surface area (Å²) in [5, 5.41) is 1.87. The van der Waals surface area contributed by atoms with Crippen LogP contribution in [0, 0.1) is 5.92 Å². The van der Waals surface area contributed by atoms with Gasteiger partial charge >= 0.3 is 0 Å². The number of allylic oxidation sites excluding steroid dienone is 2. The lowest BCUT2D eigenvalue weighted by atomic mass is 9.85. The molecule has 0 heterocycles. The Balaban J connectivity index is 2.71. The zero-order chi connectivity index (χ0) is 19.5. The van der Waals surface area contributed by atoms with Gasteiger partial charge in [-0.05, 0) is 79.4 Å². The zero-order valence-corrected chi connectivity index (χ0v) is 17.8. The van der Waals surface area contributed by atoms with Gasteiger partial charge < -0.3 is 4.74 Å². The van der Waals surface area contributed by atoms with Crippen LogP contribution in [0.3, 0.4) is 0 Å². The molecular formula is C23H34O2S. The molecule has 2 nitrogen and oxygen atoms in total. The van der Waals surface area contributed by atoms with E-state index in [1.807, 2.05) is 17.5 Å². The molecule has 0 aliphatic rings. The molecule has 1 aromatic carbocycles. The molecule has 0 bridgehead atoms. The maximum atomic E-state index is 11.6. The largest absolute Gasteiger partial charge is 0.490 e. The second-order valence-corrected chi connectivity index (χ2v) is 8.13.